The number of nitrogens with one attached hydrogen (secondary N) is 1. The van der Waals surface area contributed by atoms with Gasteiger partial charge in [0.05, 0.1) is 19.6 Å². The van der Waals surface area contributed by atoms with Crippen molar-refractivity contribution in [2.45, 2.75) is 52.9 Å². The summed E-state index contributed by atoms with van der Waals surface area (Å²) in [5, 5.41) is 3.09. The quantitative estimate of drug-likeness (QED) is 0.323. The molecule has 0 spiro atoms. The zero-order valence-electron chi connectivity index (χ0n) is 17.0. The van der Waals surface area contributed by atoms with Crippen LogP contribution in [0.1, 0.15) is 50.2 Å². The highest BCUT2D eigenvalue weighted by Crippen LogP contribution is 2.27. The van der Waals surface area contributed by atoms with Crippen molar-refractivity contribution < 1.29 is 18.8 Å². The molecule has 1 fully saturated rings. The third-order valence-corrected chi connectivity index (χ3v) is 5.22. The van der Waals surface area contributed by atoms with Crippen LogP contribution in [0, 0.1) is 13.8 Å². The molecule has 0 aromatic heterocycles. The molecule has 1 aliphatic heterocycles. The molecule has 1 aliphatic rings. The molecule has 1 N–H and O–H groups in total. The predicted octanol–water partition coefficient (Wildman–Crippen LogP) is 4.13. The van der Waals surface area contributed by atoms with Crippen molar-refractivity contribution in [2.24, 2.45) is 0 Å². The standard InChI is InChI=1S/C22H32N2O3/c1-5-10-21(26)27-19-14-17(3)22(18(4)15-19)23-20(25)16-24(11-6-2)12-8-7-9-13-24/h6,14-15H,2,5,7-13,16H2,1,3-4H3/p+1. The topological polar surface area (TPSA) is 55.4 Å². The number of carbonyl (C=O) groups excluding carboxylic acids is 2. The largest absolute Gasteiger partial charge is 0.427 e. The molecule has 1 heterocycles. The highest BCUT2D eigenvalue weighted by atomic mass is 16.5. The van der Waals surface area contributed by atoms with Crippen LogP contribution in [0.3, 0.4) is 0 Å². The summed E-state index contributed by atoms with van der Waals surface area (Å²) in [5.74, 6) is 0.336. The van der Waals surface area contributed by atoms with Crippen molar-refractivity contribution in [2.75, 3.05) is 31.5 Å². The van der Waals surface area contributed by atoms with E-state index in [0.29, 0.717) is 18.7 Å². The molecule has 1 aromatic carbocycles. The van der Waals surface area contributed by atoms with E-state index >= 15 is 0 Å². The third-order valence-electron chi connectivity index (χ3n) is 5.22. The number of piperidine rings is 1. The first-order chi connectivity index (χ1) is 12.9. The minimum Gasteiger partial charge on any atom is -0.427 e. The Labute approximate surface area is 163 Å². The van der Waals surface area contributed by atoms with E-state index in [1.807, 2.05) is 39.0 Å². The number of hydrogen-bond donors (Lipinski definition) is 1. The van der Waals surface area contributed by atoms with Crippen LogP contribution in [0.25, 0.3) is 0 Å². The first-order valence-corrected chi connectivity index (χ1v) is 9.97. The van der Waals surface area contributed by atoms with Crippen LogP contribution in [0.4, 0.5) is 5.69 Å². The second-order valence-electron chi connectivity index (χ2n) is 7.68. The number of benzene rings is 1. The van der Waals surface area contributed by atoms with Crippen molar-refractivity contribution >= 4 is 17.6 Å². The Morgan fingerprint density at radius 2 is 1.81 bits per heavy atom. The van der Waals surface area contributed by atoms with Gasteiger partial charge in [0.25, 0.3) is 5.91 Å². The smallest absolute Gasteiger partial charge is 0.311 e. The Hall–Kier alpha value is -2.14. The van der Waals surface area contributed by atoms with Gasteiger partial charge in [0.15, 0.2) is 6.54 Å². The van der Waals surface area contributed by atoms with Gasteiger partial charge >= 0.3 is 5.97 Å². The molecule has 1 aromatic rings. The number of ether oxygens (including phenoxy) is 1. The Balaban J connectivity index is 2.08. The van der Waals surface area contributed by atoms with Crippen LogP contribution in [0.15, 0.2) is 24.8 Å². The highest BCUT2D eigenvalue weighted by molar-refractivity contribution is 5.93. The fraction of sp³-hybridized carbons (Fsp3) is 0.545. The minimum absolute atomic E-state index is 0.0284. The molecule has 0 unspecified atom stereocenters. The van der Waals surface area contributed by atoms with Gasteiger partial charge in [-0.25, -0.2) is 0 Å². The van der Waals surface area contributed by atoms with E-state index in [-0.39, 0.29) is 11.9 Å². The number of likely N-dealkylation sites (tertiary alicyclic amines) is 1. The third kappa shape index (κ3) is 5.93. The fourth-order valence-electron chi connectivity index (χ4n) is 3.91. The number of esters is 1. The SMILES string of the molecule is C=CC[N+]1(CC(=O)Nc2c(C)cc(OC(=O)CCC)cc2C)CCCCC1. The average Bonchev–Trinajstić information content (AvgIpc) is 2.59. The van der Waals surface area contributed by atoms with E-state index < -0.39 is 0 Å². The van der Waals surface area contributed by atoms with Gasteiger partial charge in [-0.3, -0.25) is 9.59 Å². The second-order valence-corrected chi connectivity index (χ2v) is 7.68. The summed E-state index contributed by atoms with van der Waals surface area (Å²) in [4.78, 5) is 24.5. The number of aryl methyl sites for hydroxylation is 2. The first-order valence-electron chi connectivity index (χ1n) is 9.97. The predicted molar refractivity (Wildman–Crippen MR) is 109 cm³/mol. The van der Waals surface area contributed by atoms with Crippen LogP contribution in [0.2, 0.25) is 0 Å². The Morgan fingerprint density at radius 1 is 1.19 bits per heavy atom. The van der Waals surface area contributed by atoms with Gasteiger partial charge in [-0.15, -0.1) is 0 Å². The first kappa shape index (κ1) is 21.2. The molecule has 0 atom stereocenters. The van der Waals surface area contributed by atoms with Crippen molar-refractivity contribution in [3.05, 3.63) is 35.9 Å². The lowest BCUT2D eigenvalue weighted by molar-refractivity contribution is -0.919. The normalized spacial score (nSPS) is 15.8. The monoisotopic (exact) mass is 373 g/mol. The molecular weight excluding hydrogens is 340 g/mol. The second kappa shape index (κ2) is 9.70. The lowest BCUT2D eigenvalue weighted by Gasteiger charge is -2.40. The van der Waals surface area contributed by atoms with Crippen LogP contribution in [-0.2, 0) is 9.59 Å². The molecule has 5 nitrogen and oxygen atoms in total. The summed E-state index contributed by atoms with van der Waals surface area (Å²) >= 11 is 0. The van der Waals surface area contributed by atoms with Gasteiger partial charge in [-0.05, 0) is 68.9 Å². The number of anilines is 1. The number of nitrogens with zero attached hydrogens (tertiary/aromatic N) is 1. The molecule has 5 heteroatoms. The van der Waals surface area contributed by atoms with E-state index in [4.69, 9.17) is 4.74 Å². The average molecular weight is 374 g/mol. The number of carbonyl (C=O) groups is 2. The Bertz CT molecular complexity index is 668. The Morgan fingerprint density at radius 3 is 2.37 bits per heavy atom. The van der Waals surface area contributed by atoms with Gasteiger partial charge in [-0.2, -0.15) is 0 Å². The maximum atomic E-state index is 12.8. The van der Waals surface area contributed by atoms with Crippen molar-refractivity contribution in [3.8, 4) is 5.75 Å². The summed E-state index contributed by atoms with van der Waals surface area (Å²) in [7, 11) is 0. The molecule has 0 bridgehead atoms. The fourth-order valence-corrected chi connectivity index (χ4v) is 3.91. The maximum Gasteiger partial charge on any atom is 0.311 e. The summed E-state index contributed by atoms with van der Waals surface area (Å²) < 4.78 is 6.17. The lowest BCUT2D eigenvalue weighted by atomic mass is 10.1. The van der Waals surface area contributed by atoms with E-state index in [9.17, 15) is 9.59 Å². The maximum absolute atomic E-state index is 12.8. The molecule has 1 saturated heterocycles. The zero-order valence-corrected chi connectivity index (χ0v) is 17.0. The van der Waals surface area contributed by atoms with Crippen LogP contribution < -0.4 is 10.1 Å². The molecule has 1 amide bonds. The Kier molecular flexibility index (Phi) is 7.60. The molecule has 27 heavy (non-hydrogen) atoms. The molecular formula is C22H33N2O3+. The van der Waals surface area contributed by atoms with E-state index in [1.54, 1.807) is 0 Å². The van der Waals surface area contributed by atoms with Crippen molar-refractivity contribution in [1.82, 2.24) is 0 Å². The van der Waals surface area contributed by atoms with E-state index in [0.717, 1.165) is 60.2 Å². The number of amides is 1. The summed E-state index contributed by atoms with van der Waals surface area (Å²) in [6.07, 6.45) is 6.66. The van der Waals surface area contributed by atoms with Gasteiger partial charge in [0.2, 0.25) is 0 Å². The highest BCUT2D eigenvalue weighted by Gasteiger charge is 2.31. The van der Waals surface area contributed by atoms with Crippen molar-refractivity contribution in [3.63, 3.8) is 0 Å². The lowest BCUT2D eigenvalue weighted by Crippen LogP contribution is -2.55. The number of quaternary nitrogens is 1. The van der Waals surface area contributed by atoms with E-state index in [2.05, 4.69) is 11.9 Å². The molecule has 0 aliphatic carbocycles. The van der Waals surface area contributed by atoms with Gasteiger partial charge in [0.1, 0.15) is 5.75 Å². The summed E-state index contributed by atoms with van der Waals surface area (Å²) in [6.45, 7) is 13.0. The zero-order chi connectivity index (χ0) is 19.9. The molecule has 0 radical (unpaired) electrons. The van der Waals surface area contributed by atoms with Gasteiger partial charge < -0.3 is 14.5 Å². The van der Waals surface area contributed by atoms with Crippen LogP contribution in [0.5, 0.6) is 5.75 Å². The summed E-state index contributed by atoms with van der Waals surface area (Å²) in [5.41, 5.74) is 2.61. The number of rotatable bonds is 8. The molecule has 2 rings (SSSR count). The van der Waals surface area contributed by atoms with Crippen molar-refractivity contribution in [1.29, 1.82) is 0 Å². The van der Waals surface area contributed by atoms with Crippen LogP contribution in [-0.4, -0.2) is 42.5 Å². The summed E-state index contributed by atoms with van der Waals surface area (Å²) in [6, 6.07) is 3.62. The van der Waals surface area contributed by atoms with Crippen LogP contribution >= 0.6 is 0 Å². The van der Waals surface area contributed by atoms with Gasteiger partial charge in [0, 0.05) is 12.1 Å². The van der Waals surface area contributed by atoms with E-state index in [1.165, 1.54) is 6.42 Å². The minimum atomic E-state index is -0.228. The number of hydrogen-bond acceptors (Lipinski definition) is 3. The molecule has 148 valence electrons. The molecule has 0 saturated carbocycles. The van der Waals surface area contributed by atoms with Gasteiger partial charge in [-0.1, -0.05) is 13.5 Å².